The maximum absolute atomic E-state index is 6.15. The Labute approximate surface area is 155 Å². The van der Waals surface area contributed by atoms with Gasteiger partial charge in [0.15, 0.2) is 5.82 Å². The predicted octanol–water partition coefficient (Wildman–Crippen LogP) is 4.98. The number of rotatable bonds is 5. The van der Waals surface area contributed by atoms with Gasteiger partial charge in [-0.2, -0.15) is 10.1 Å². The molecule has 0 saturated carbocycles. The smallest absolute Gasteiger partial charge is 0.249 e. The van der Waals surface area contributed by atoms with Gasteiger partial charge in [-0.25, -0.2) is 0 Å². The summed E-state index contributed by atoms with van der Waals surface area (Å²) in [6.45, 7) is 2.00. The van der Waals surface area contributed by atoms with Crippen molar-refractivity contribution in [3.63, 3.8) is 0 Å². The van der Waals surface area contributed by atoms with E-state index in [-0.39, 0.29) is 5.95 Å². The molecule has 3 aromatic rings. The van der Waals surface area contributed by atoms with Crippen molar-refractivity contribution in [3.8, 4) is 5.75 Å². The maximum atomic E-state index is 6.15. The van der Waals surface area contributed by atoms with Gasteiger partial charge >= 0.3 is 0 Å². The van der Waals surface area contributed by atoms with Gasteiger partial charge in [0.2, 0.25) is 5.95 Å². The van der Waals surface area contributed by atoms with Gasteiger partial charge in [-0.3, -0.25) is 0 Å². The number of nitrogens with one attached hydrogen (secondary N) is 2. The lowest BCUT2D eigenvalue weighted by molar-refractivity contribution is 0.416. The summed E-state index contributed by atoms with van der Waals surface area (Å²) in [5.74, 6) is 1.48. The minimum absolute atomic E-state index is 0.270. The molecule has 1 aromatic heterocycles. The van der Waals surface area contributed by atoms with E-state index in [1.165, 1.54) is 6.20 Å². The lowest BCUT2D eigenvalue weighted by atomic mass is 10.2. The number of anilines is 4. The second-order valence-electron chi connectivity index (χ2n) is 5.22. The minimum Gasteiger partial charge on any atom is -0.495 e. The number of hydrogen-bond acceptors (Lipinski definition) is 6. The maximum Gasteiger partial charge on any atom is 0.249 e. The standard InChI is InChI=1S/C17H15Cl2N5O/c1-10-6-7-14(25-2)13(8-10)21-15-9-20-24-17(22-15)23-16-11(18)4-3-5-12(16)19/h3-9H,1-2H3,(H2,21,22,23,24). The van der Waals surface area contributed by atoms with Crippen LogP contribution in [-0.2, 0) is 0 Å². The Morgan fingerprint density at radius 2 is 1.80 bits per heavy atom. The molecule has 0 bridgehead atoms. The SMILES string of the molecule is COc1ccc(C)cc1Nc1cnnc(Nc2c(Cl)cccc2Cl)n1. The average molecular weight is 376 g/mol. The largest absolute Gasteiger partial charge is 0.495 e. The van der Waals surface area contributed by atoms with E-state index >= 15 is 0 Å². The van der Waals surface area contributed by atoms with Crippen LogP contribution >= 0.6 is 23.2 Å². The molecule has 2 aromatic carbocycles. The quantitative estimate of drug-likeness (QED) is 0.654. The first-order valence-corrected chi connectivity index (χ1v) is 8.15. The summed E-state index contributed by atoms with van der Waals surface area (Å²) in [7, 11) is 1.61. The summed E-state index contributed by atoms with van der Waals surface area (Å²) in [6.07, 6.45) is 1.52. The monoisotopic (exact) mass is 375 g/mol. The lowest BCUT2D eigenvalue weighted by Gasteiger charge is -2.12. The van der Waals surface area contributed by atoms with Crippen molar-refractivity contribution in [1.29, 1.82) is 0 Å². The van der Waals surface area contributed by atoms with Crippen molar-refractivity contribution in [2.45, 2.75) is 6.92 Å². The van der Waals surface area contributed by atoms with Crippen molar-refractivity contribution in [1.82, 2.24) is 15.2 Å². The molecule has 0 amide bonds. The van der Waals surface area contributed by atoms with Crippen LogP contribution in [0.1, 0.15) is 5.56 Å². The molecule has 0 fully saturated rings. The van der Waals surface area contributed by atoms with E-state index in [1.54, 1.807) is 25.3 Å². The van der Waals surface area contributed by atoms with Crippen LogP contribution in [0.5, 0.6) is 5.75 Å². The third-order valence-electron chi connectivity index (χ3n) is 3.38. The first kappa shape index (κ1) is 17.3. The number of aromatic nitrogens is 3. The summed E-state index contributed by atoms with van der Waals surface area (Å²) in [6, 6.07) is 11.0. The molecule has 6 nitrogen and oxygen atoms in total. The fourth-order valence-electron chi connectivity index (χ4n) is 2.20. The predicted molar refractivity (Wildman–Crippen MR) is 101 cm³/mol. The fourth-order valence-corrected chi connectivity index (χ4v) is 2.70. The van der Waals surface area contributed by atoms with Crippen molar-refractivity contribution >= 4 is 46.3 Å². The lowest BCUT2D eigenvalue weighted by Crippen LogP contribution is -2.04. The van der Waals surface area contributed by atoms with E-state index < -0.39 is 0 Å². The van der Waals surface area contributed by atoms with E-state index in [9.17, 15) is 0 Å². The number of ether oxygens (including phenoxy) is 1. The van der Waals surface area contributed by atoms with Crippen LogP contribution < -0.4 is 15.4 Å². The molecule has 3 rings (SSSR count). The van der Waals surface area contributed by atoms with Gasteiger partial charge in [-0.05, 0) is 36.8 Å². The van der Waals surface area contributed by atoms with Crippen molar-refractivity contribution in [2.75, 3.05) is 17.7 Å². The van der Waals surface area contributed by atoms with Gasteiger partial charge in [0.05, 0.1) is 34.7 Å². The fraction of sp³-hybridized carbons (Fsp3) is 0.118. The van der Waals surface area contributed by atoms with Crippen molar-refractivity contribution < 1.29 is 4.74 Å². The molecule has 0 radical (unpaired) electrons. The van der Waals surface area contributed by atoms with E-state index in [1.807, 2.05) is 25.1 Å². The molecule has 0 aliphatic rings. The summed E-state index contributed by atoms with van der Waals surface area (Å²) >= 11 is 12.3. The molecule has 2 N–H and O–H groups in total. The number of aryl methyl sites for hydroxylation is 1. The van der Waals surface area contributed by atoms with Crippen molar-refractivity contribution in [3.05, 3.63) is 58.2 Å². The third kappa shape index (κ3) is 4.10. The van der Waals surface area contributed by atoms with Gasteiger partial charge in [0, 0.05) is 0 Å². The molecule has 0 unspecified atom stereocenters. The first-order valence-electron chi connectivity index (χ1n) is 7.39. The summed E-state index contributed by atoms with van der Waals surface area (Å²) < 4.78 is 5.35. The molecule has 128 valence electrons. The number of halogens is 2. The summed E-state index contributed by atoms with van der Waals surface area (Å²) in [5.41, 5.74) is 2.40. The number of methoxy groups -OCH3 is 1. The molecule has 25 heavy (non-hydrogen) atoms. The number of benzene rings is 2. The molecule has 8 heteroatoms. The van der Waals surface area contributed by atoms with Crippen LogP contribution in [0.25, 0.3) is 0 Å². The molecular formula is C17H15Cl2N5O. The molecule has 0 aliphatic heterocycles. The van der Waals surface area contributed by atoms with Crippen LogP contribution in [-0.4, -0.2) is 22.3 Å². The Hall–Kier alpha value is -2.57. The molecule has 0 aliphatic carbocycles. The zero-order valence-corrected chi connectivity index (χ0v) is 15.1. The van der Waals surface area contributed by atoms with Crippen LogP contribution in [0.2, 0.25) is 10.0 Å². The Morgan fingerprint density at radius 3 is 2.52 bits per heavy atom. The minimum atomic E-state index is 0.270. The van der Waals surface area contributed by atoms with Gasteiger partial charge in [0.1, 0.15) is 5.75 Å². The van der Waals surface area contributed by atoms with Crippen LogP contribution in [0, 0.1) is 6.92 Å². The molecule has 0 atom stereocenters. The van der Waals surface area contributed by atoms with Gasteiger partial charge in [-0.1, -0.05) is 35.3 Å². The van der Waals surface area contributed by atoms with Gasteiger partial charge < -0.3 is 15.4 Å². The second-order valence-corrected chi connectivity index (χ2v) is 6.03. The highest BCUT2D eigenvalue weighted by atomic mass is 35.5. The number of nitrogens with zero attached hydrogens (tertiary/aromatic N) is 3. The summed E-state index contributed by atoms with van der Waals surface area (Å²) in [5, 5.41) is 15.0. The Bertz CT molecular complexity index is 884. The van der Waals surface area contributed by atoms with Crippen molar-refractivity contribution in [2.24, 2.45) is 0 Å². The highest BCUT2D eigenvalue weighted by molar-refractivity contribution is 6.39. The van der Waals surface area contributed by atoms with E-state index in [0.717, 1.165) is 11.3 Å². The van der Waals surface area contributed by atoms with Crippen LogP contribution in [0.4, 0.5) is 23.1 Å². The van der Waals surface area contributed by atoms with Gasteiger partial charge in [-0.15, -0.1) is 5.10 Å². The zero-order chi connectivity index (χ0) is 17.8. The molecule has 0 saturated heterocycles. The number of para-hydroxylation sites is 1. The Kier molecular flexibility index (Phi) is 5.21. The normalized spacial score (nSPS) is 10.4. The van der Waals surface area contributed by atoms with E-state index in [4.69, 9.17) is 27.9 Å². The Balaban J connectivity index is 1.86. The second kappa shape index (κ2) is 7.55. The van der Waals surface area contributed by atoms with E-state index in [0.29, 0.717) is 27.3 Å². The highest BCUT2D eigenvalue weighted by Crippen LogP contribution is 2.32. The number of hydrogen-bond donors (Lipinski definition) is 2. The van der Waals surface area contributed by atoms with Crippen LogP contribution in [0.3, 0.4) is 0 Å². The first-order chi connectivity index (χ1) is 12.1. The molecular weight excluding hydrogens is 361 g/mol. The average Bonchev–Trinajstić information content (AvgIpc) is 2.59. The summed E-state index contributed by atoms with van der Waals surface area (Å²) in [4.78, 5) is 4.38. The molecule has 0 spiro atoms. The zero-order valence-electron chi connectivity index (χ0n) is 13.5. The third-order valence-corrected chi connectivity index (χ3v) is 4.01. The molecule has 1 heterocycles. The van der Waals surface area contributed by atoms with E-state index in [2.05, 4.69) is 25.8 Å². The Morgan fingerprint density at radius 1 is 1.04 bits per heavy atom. The van der Waals surface area contributed by atoms with Gasteiger partial charge in [0.25, 0.3) is 0 Å². The topological polar surface area (TPSA) is 72.0 Å². The van der Waals surface area contributed by atoms with Crippen LogP contribution in [0.15, 0.2) is 42.6 Å². The highest BCUT2D eigenvalue weighted by Gasteiger charge is 2.10.